The molecule has 15 rings (SSSR count). The number of pyridine rings is 5. The Bertz CT molecular complexity index is 7150. The van der Waals surface area contributed by atoms with Crippen LogP contribution in [0.1, 0.15) is 75.6 Å². The Hall–Kier alpha value is -13.0. The number of nitrogens with two attached hydrogens (primary N) is 6. The molecule has 49 heteroatoms. The minimum Gasteiger partial charge on any atom is -1.00 e. The summed E-state index contributed by atoms with van der Waals surface area (Å²) >= 11 is 21.4. The second-order valence-electron chi connectivity index (χ2n) is 30.0. The van der Waals surface area contributed by atoms with E-state index in [0.717, 1.165) is 77.3 Å². The second kappa shape index (κ2) is 59.1. The molecule has 10 aromatic heterocycles. The molecular weight excluding hydrogens is 2000 g/mol. The summed E-state index contributed by atoms with van der Waals surface area (Å²) in [5.41, 5.74) is 41.5. The van der Waals surface area contributed by atoms with E-state index in [1.807, 2.05) is 212 Å². The Morgan fingerprint density at radius 2 is 0.713 bits per heavy atom. The number of hydrogen-bond acceptors (Lipinski definition) is 40. The largest absolute Gasteiger partial charge is 1.00 e. The molecule has 4 amide bonds. The maximum absolute atomic E-state index is 12.2. The Morgan fingerprint density at radius 3 is 1.01 bits per heavy atom. The Labute approximate surface area is 936 Å². The first-order valence-corrected chi connectivity index (χ1v) is 46.5. The van der Waals surface area contributed by atoms with Crippen LogP contribution in [-0.4, -0.2) is 177 Å². The van der Waals surface area contributed by atoms with Crippen molar-refractivity contribution in [3.8, 4) is 41.9 Å². The fourth-order valence-electron chi connectivity index (χ4n) is 12.9. The quantitative estimate of drug-likeness (QED) is 0.00358. The number of aromatic nitrogens is 15. The zero-order valence-corrected chi connectivity index (χ0v) is 91.1. The Balaban J connectivity index is 0.000000303. The molecule has 0 aliphatic carbocycles. The number of carbonyl (C=O) groups is 5. The van der Waals surface area contributed by atoms with Crippen LogP contribution in [0.5, 0.6) is 17.6 Å². The van der Waals surface area contributed by atoms with E-state index in [4.69, 9.17) is 98.7 Å². The number of amides is 4. The molecule has 0 aliphatic rings. The van der Waals surface area contributed by atoms with Crippen molar-refractivity contribution in [3.05, 3.63) is 226 Å². The van der Waals surface area contributed by atoms with Crippen molar-refractivity contribution in [1.82, 2.24) is 74.8 Å². The van der Waals surface area contributed by atoms with Crippen LogP contribution in [0.15, 0.2) is 198 Å². The number of likely N-dealkylation sites (N-methyl/N-ethyl adjacent to an activating group) is 2. The first kappa shape index (κ1) is 119. The zero-order valence-electron chi connectivity index (χ0n) is 81.2. The molecule has 0 fully saturated rings. The van der Waals surface area contributed by atoms with E-state index in [-0.39, 0.29) is 213 Å². The van der Waals surface area contributed by atoms with Crippen molar-refractivity contribution >= 4 is 218 Å². The predicted octanol–water partition coefficient (Wildman–Crippen LogP) is 8.01. The van der Waals surface area contributed by atoms with Gasteiger partial charge in [0.05, 0.1) is 55.0 Å². The number of hydrogen-bond donors (Lipinski definition) is 10. The third kappa shape index (κ3) is 33.8. The summed E-state index contributed by atoms with van der Waals surface area (Å²) in [6.07, 6.45) is 14.2. The number of primary amides is 4. The average molecular weight is 2100 g/mol. The maximum atomic E-state index is 12.2. The number of nitrogens with zero attached hydrogens (tertiary/aromatic N) is 21. The number of nitriles is 4. The van der Waals surface area contributed by atoms with Crippen LogP contribution in [-0.2, 0) is 24.1 Å². The normalized spacial score (nSPS) is 10.8. The summed E-state index contributed by atoms with van der Waals surface area (Å²) in [6.45, 7) is 11.0. The molecule has 0 saturated heterocycles. The van der Waals surface area contributed by atoms with Crippen LogP contribution in [0.25, 0.3) is 54.5 Å². The summed E-state index contributed by atoms with van der Waals surface area (Å²) in [7, 11) is 7.62. The van der Waals surface area contributed by atoms with E-state index >= 15 is 0 Å². The molecule has 0 aliphatic heterocycles. The summed E-state index contributed by atoms with van der Waals surface area (Å²) in [4.78, 5) is 124. The van der Waals surface area contributed by atoms with Gasteiger partial charge in [-0.05, 0) is 158 Å². The number of anilines is 11. The number of methoxy groups -OCH3 is 3. The van der Waals surface area contributed by atoms with Gasteiger partial charge in [0.25, 0.3) is 12.4 Å². The average Bonchev–Trinajstić information content (AvgIpc) is 0.827. The molecule has 0 bridgehead atoms. The van der Waals surface area contributed by atoms with Crippen LogP contribution < -0.4 is 188 Å². The monoisotopic (exact) mass is 2100 g/mol. The summed E-state index contributed by atoms with van der Waals surface area (Å²) < 4.78 is 15.8. The molecule has 728 valence electrons. The van der Waals surface area contributed by atoms with Gasteiger partial charge in [-0.15, -0.1) is 0 Å². The fraction of sp³-hybridized carbons (Fsp3) is 0.213. The van der Waals surface area contributed by atoms with Gasteiger partial charge < -0.3 is 91.3 Å². The first-order chi connectivity index (χ1) is 67.5. The Morgan fingerprint density at radius 1 is 0.420 bits per heavy atom. The van der Waals surface area contributed by atoms with Gasteiger partial charge in [-0.2, -0.15) is 46.0 Å². The SMILES string of the molecule is CC(C)[C@@H](N)C(N)=O.COc1nc(N(C)[C@@H](C(N)=O)C(C)C)nc(Nc2ccc3ncccc3c2)c1C#N.COc1nc(N(C)[C@@H](C(N)=O)C(C)C)nc(Nc2ccc3ncccc3c2)c1C(N)=O.COc1nc(SC)nc(Nc2ccc3ncccc3c2)c1C#N.CSc1nc(Cl)c(C#N)c(Cl)n1.CSc1nc(Cl)c(C#N)c(Nc2ccc3ncccc3c2)n1.Nc1ccc2ncccc2c1.O=CO[O-].[H-].[K+].[K+]. The zero-order chi connectivity index (χ0) is 103. The first-order valence-electron chi connectivity index (χ1n) is 41.7. The van der Waals surface area contributed by atoms with Crippen LogP contribution >= 0.6 is 70.1 Å². The number of benzene rings is 5. The van der Waals surface area contributed by atoms with Gasteiger partial charge >= 0.3 is 103 Å². The number of nitrogens with one attached hydrogen (secondary N) is 4. The summed E-state index contributed by atoms with van der Waals surface area (Å²) in [5.74, 6) is -0.258. The predicted molar refractivity (Wildman–Crippen MR) is 547 cm³/mol. The minimum absolute atomic E-state index is 0. The van der Waals surface area contributed by atoms with Crippen molar-refractivity contribution in [2.45, 2.75) is 75.1 Å². The van der Waals surface area contributed by atoms with Crippen molar-refractivity contribution < 1.29 is 153 Å². The Kier molecular flexibility index (Phi) is 49.1. The molecule has 0 saturated carbocycles. The molecule has 0 radical (unpaired) electrons. The number of rotatable bonds is 26. The van der Waals surface area contributed by atoms with Crippen molar-refractivity contribution in [2.75, 3.05) is 91.0 Å². The molecule has 143 heavy (non-hydrogen) atoms. The van der Waals surface area contributed by atoms with Gasteiger partial charge in [0, 0.05) is 100 Å². The third-order valence-electron chi connectivity index (χ3n) is 19.5. The van der Waals surface area contributed by atoms with Crippen molar-refractivity contribution in [1.29, 1.82) is 21.0 Å². The van der Waals surface area contributed by atoms with Gasteiger partial charge in [0.15, 0.2) is 65.3 Å². The van der Waals surface area contributed by atoms with Crippen molar-refractivity contribution in [2.24, 2.45) is 46.4 Å². The maximum Gasteiger partial charge on any atom is 1.00 e. The van der Waals surface area contributed by atoms with E-state index in [0.29, 0.717) is 32.8 Å². The number of halogens is 3. The second-order valence-corrected chi connectivity index (χ2v) is 33.4. The van der Waals surface area contributed by atoms with Crippen molar-refractivity contribution in [3.63, 3.8) is 0 Å². The van der Waals surface area contributed by atoms with E-state index < -0.39 is 41.8 Å². The molecule has 15 aromatic rings. The number of thioether (sulfide) groups is 3. The molecule has 41 nitrogen and oxygen atoms in total. The molecular formula is C94H96Cl3K2N31O10S3. The molecule has 10 heterocycles. The summed E-state index contributed by atoms with van der Waals surface area (Å²) in [5, 5.41) is 64.6. The fourth-order valence-corrected chi connectivity index (χ4v) is 14.8. The molecule has 3 atom stereocenters. The number of nitrogen functional groups attached to an aromatic ring is 1. The van der Waals surface area contributed by atoms with Crippen LogP contribution in [0, 0.1) is 63.1 Å². The third-order valence-corrected chi connectivity index (χ3v) is 22.0. The van der Waals surface area contributed by atoms with Gasteiger partial charge in [0.1, 0.15) is 53.1 Å². The molecule has 16 N–H and O–H groups in total. The number of carbonyl (C=O) groups excluding carboxylic acids is 5. The molecule has 0 unspecified atom stereocenters. The number of ether oxygens (including phenoxy) is 3. The van der Waals surface area contributed by atoms with E-state index in [2.05, 4.69) is 113 Å². The topological polar surface area (TPSA) is 645 Å². The minimum atomic E-state index is -0.758. The number of fused-ring (bicyclic) bond motifs is 5. The van der Waals surface area contributed by atoms with E-state index in [1.54, 1.807) is 67.2 Å². The van der Waals surface area contributed by atoms with Crippen LogP contribution in [0.3, 0.4) is 0 Å². The van der Waals surface area contributed by atoms with Gasteiger partial charge in [-0.25, -0.2) is 24.9 Å². The van der Waals surface area contributed by atoms with Crippen LogP contribution in [0.2, 0.25) is 15.5 Å². The smallest absolute Gasteiger partial charge is 1.00 e. The van der Waals surface area contributed by atoms with E-state index in [9.17, 15) is 35.0 Å². The van der Waals surface area contributed by atoms with Gasteiger partial charge in [-0.1, -0.05) is 142 Å². The molecule has 0 spiro atoms. The van der Waals surface area contributed by atoms with Gasteiger partial charge in [0.2, 0.25) is 47.3 Å². The summed E-state index contributed by atoms with van der Waals surface area (Å²) in [6, 6.07) is 53.7. The van der Waals surface area contributed by atoms with Gasteiger partial charge in [-0.3, -0.25) is 48.9 Å². The molecule has 5 aromatic carbocycles. The van der Waals surface area contributed by atoms with E-state index in [1.165, 1.54) is 56.6 Å². The standard InChI is InChI=1S/C21H25N7O3.C21H23N7O2.C16H13N5OS.C15H10ClN5S.C9H8N2.C6H3Cl2N3S.C5H12N2O.CH2O3.2K.H/c1-11(2)16(18(23)30)28(3)21-26-19(15(17(22)29)20(27-21)31-4)25-13-7-8-14-12(10-13)6-5-9-24-14;1-12(2)17(18(23)29)28(3)21-26-19(15(11-22)20(27-21)30-4)25-14-7-8-16-13(10-14)6-5-9-24-16;1-22-15-12(9-17)14(20-16(21-15)23-2)19-11-5-6-13-10(8-11)4-3-7-18-13;1-22-15-20-13(16)11(8-17)14(21-15)19-10-4-5-12-9(7-10)3-2-6-18-12;10-8-3-4-9-7(6-8)2-1-5-11-9;1-12-6-10-4(7)3(2-9)5(8)11-6;1-3(2)4(6)5(7)8;2-1-4-3;;;/h5-11,16H,1-4H3,(H2,22,29)(H2,23,30)(H,25,26,27);5-10,12,17H,1-4H3,(H2,23,29)(H,25,26,27);3-8H,1-2H3,(H,19,20,21);2-7H,1H3,(H,19,20,21);1-6H,10H2;1H3;3-4H,6H2,1-2H3,(H2,7,8);1,3H;;;/q;;;;;;;;2*+1;-1/p-1/t16-;17-;;;;;4-;;;;/m11....1..../s1. The van der Waals surface area contributed by atoms with Crippen LogP contribution in [0.4, 0.5) is 63.6 Å².